The molecule has 2 aromatic rings. The molecule has 0 aliphatic rings. The second-order valence-electron chi connectivity index (χ2n) is 9.93. The number of carboxylic acids is 2. The van der Waals surface area contributed by atoms with Gasteiger partial charge in [0.25, 0.3) is 0 Å². The van der Waals surface area contributed by atoms with E-state index in [4.69, 9.17) is 0 Å². The van der Waals surface area contributed by atoms with Crippen LogP contribution < -0.4 is 0 Å². The lowest BCUT2D eigenvalue weighted by molar-refractivity contribution is -0.144. The van der Waals surface area contributed by atoms with Gasteiger partial charge in [-0.2, -0.15) is 0 Å². The van der Waals surface area contributed by atoms with E-state index < -0.39 is 34.6 Å². The summed E-state index contributed by atoms with van der Waals surface area (Å²) in [5.41, 5.74) is 0.823. The molecule has 184 valence electrons. The van der Waals surface area contributed by atoms with Gasteiger partial charge in [-0.15, -0.1) is 0 Å². The highest BCUT2D eigenvalue weighted by Gasteiger charge is 2.38. The molecule has 0 fully saturated rings. The van der Waals surface area contributed by atoms with E-state index in [1.54, 1.807) is 13.8 Å². The molecule has 2 N–H and O–H groups in total. The fraction of sp³-hybridized carbons (Fsp3) is 0.483. The molecule has 0 amide bonds. The number of aliphatic carboxylic acids is 2. The molecule has 0 heterocycles. The monoisotopic (exact) mass is 466 g/mol. The van der Waals surface area contributed by atoms with Gasteiger partial charge >= 0.3 is 11.9 Å². The van der Waals surface area contributed by atoms with Crippen LogP contribution in [0.15, 0.2) is 60.7 Å². The fourth-order valence-electron chi connectivity index (χ4n) is 4.84. The molecule has 2 rings (SSSR count). The first-order valence-corrected chi connectivity index (χ1v) is 12.1. The maximum absolute atomic E-state index is 12.7. The van der Waals surface area contributed by atoms with Crippen LogP contribution in [0.25, 0.3) is 0 Å². The second kappa shape index (κ2) is 12.0. The number of carboxylic acid groups (broad SMARTS) is 2. The highest BCUT2D eigenvalue weighted by Crippen LogP contribution is 2.39. The number of carbonyl (C=O) groups is 3. The Balaban J connectivity index is 1.97. The van der Waals surface area contributed by atoms with Crippen LogP contribution in [0.1, 0.15) is 77.3 Å². The first-order chi connectivity index (χ1) is 16.0. The Labute approximate surface area is 203 Å². The van der Waals surface area contributed by atoms with Crippen molar-refractivity contribution in [1.29, 1.82) is 0 Å². The number of carbonyl (C=O) groups excluding carboxylic acids is 1. The minimum absolute atomic E-state index is 0.136. The summed E-state index contributed by atoms with van der Waals surface area (Å²) in [6.07, 6.45) is 3.23. The van der Waals surface area contributed by atoms with E-state index in [-0.39, 0.29) is 5.78 Å². The second-order valence-corrected chi connectivity index (χ2v) is 9.93. The zero-order valence-electron chi connectivity index (χ0n) is 20.8. The minimum atomic E-state index is -0.842. The zero-order chi connectivity index (χ0) is 25.4. The molecular weight excluding hydrogens is 428 g/mol. The molecule has 0 saturated carbocycles. The predicted octanol–water partition coefficient (Wildman–Crippen LogP) is 6.25. The van der Waals surface area contributed by atoms with Crippen molar-refractivity contribution in [3.05, 3.63) is 71.8 Å². The SMILES string of the molecule is CC(C(=O)O)C(C)(CCCC(=O)CCCC(C)(c1ccccc1)C(C)C(=O)O)c1ccccc1. The number of hydrogen-bond acceptors (Lipinski definition) is 3. The van der Waals surface area contributed by atoms with Crippen LogP contribution in [0.2, 0.25) is 0 Å². The van der Waals surface area contributed by atoms with E-state index in [1.165, 1.54) is 0 Å². The van der Waals surface area contributed by atoms with E-state index in [1.807, 2.05) is 74.5 Å². The van der Waals surface area contributed by atoms with Crippen LogP contribution in [0.3, 0.4) is 0 Å². The molecule has 5 heteroatoms. The standard InChI is InChI=1S/C29H38O5/c1-21(26(31)32)28(3,23-13-7-5-8-14-23)19-11-17-25(30)18-12-20-29(4,22(2)27(33)34)24-15-9-6-10-16-24/h5-10,13-16,21-22H,11-12,17-20H2,1-4H3,(H,31,32)(H,33,34). The lowest BCUT2D eigenvalue weighted by atomic mass is 9.69. The molecule has 4 atom stereocenters. The van der Waals surface area contributed by atoms with E-state index in [9.17, 15) is 24.6 Å². The average Bonchev–Trinajstić information content (AvgIpc) is 2.83. The highest BCUT2D eigenvalue weighted by molar-refractivity contribution is 5.78. The van der Waals surface area contributed by atoms with Crippen LogP contribution in [-0.4, -0.2) is 27.9 Å². The van der Waals surface area contributed by atoms with E-state index in [2.05, 4.69) is 0 Å². The minimum Gasteiger partial charge on any atom is -0.481 e. The van der Waals surface area contributed by atoms with Crippen molar-refractivity contribution < 1.29 is 24.6 Å². The quantitative estimate of drug-likeness (QED) is 0.343. The molecule has 4 unspecified atom stereocenters. The van der Waals surface area contributed by atoms with Crippen LogP contribution in [0, 0.1) is 11.8 Å². The first-order valence-electron chi connectivity index (χ1n) is 12.1. The van der Waals surface area contributed by atoms with Crippen LogP contribution >= 0.6 is 0 Å². The maximum Gasteiger partial charge on any atom is 0.307 e. The Hall–Kier alpha value is -2.95. The average molecular weight is 467 g/mol. The van der Waals surface area contributed by atoms with Gasteiger partial charge in [0, 0.05) is 23.7 Å². The molecule has 0 aliphatic heterocycles. The highest BCUT2D eigenvalue weighted by atomic mass is 16.4. The van der Waals surface area contributed by atoms with Crippen molar-refractivity contribution in [3.8, 4) is 0 Å². The van der Waals surface area contributed by atoms with Gasteiger partial charge in [0.1, 0.15) is 5.78 Å². The van der Waals surface area contributed by atoms with Gasteiger partial charge in [-0.05, 0) is 36.8 Å². The summed E-state index contributed by atoms with van der Waals surface area (Å²) in [5, 5.41) is 19.3. The zero-order valence-corrected chi connectivity index (χ0v) is 20.8. The van der Waals surface area contributed by atoms with E-state index >= 15 is 0 Å². The van der Waals surface area contributed by atoms with Crippen molar-refractivity contribution in [2.24, 2.45) is 11.8 Å². The molecular formula is C29H38O5. The van der Waals surface area contributed by atoms with Crippen LogP contribution in [0.4, 0.5) is 0 Å². The first kappa shape index (κ1) is 27.3. The summed E-state index contributed by atoms with van der Waals surface area (Å²) in [6, 6.07) is 19.3. The third-order valence-corrected chi connectivity index (χ3v) is 7.82. The summed E-state index contributed by atoms with van der Waals surface area (Å²) in [4.78, 5) is 36.2. The van der Waals surface area contributed by atoms with Gasteiger partial charge in [-0.3, -0.25) is 14.4 Å². The van der Waals surface area contributed by atoms with Gasteiger partial charge in [-0.1, -0.05) is 88.4 Å². The molecule has 5 nitrogen and oxygen atoms in total. The molecule has 0 bridgehead atoms. The Kier molecular flexibility index (Phi) is 9.60. The van der Waals surface area contributed by atoms with Crippen LogP contribution in [0.5, 0.6) is 0 Å². The van der Waals surface area contributed by atoms with Crippen molar-refractivity contribution in [2.75, 3.05) is 0 Å². The Morgan fingerprint density at radius 2 is 1.00 bits per heavy atom. The Bertz CT molecular complexity index is 878. The Morgan fingerprint density at radius 3 is 1.29 bits per heavy atom. The topological polar surface area (TPSA) is 91.7 Å². The third kappa shape index (κ3) is 6.55. The lowest BCUT2D eigenvalue weighted by Gasteiger charge is -2.34. The van der Waals surface area contributed by atoms with Crippen LogP contribution in [-0.2, 0) is 25.2 Å². The van der Waals surface area contributed by atoms with Crippen molar-refractivity contribution >= 4 is 17.7 Å². The van der Waals surface area contributed by atoms with Crippen molar-refractivity contribution in [1.82, 2.24) is 0 Å². The number of ketones is 1. The lowest BCUT2D eigenvalue weighted by Crippen LogP contribution is -2.36. The number of benzene rings is 2. The van der Waals surface area contributed by atoms with Gasteiger partial charge in [0.05, 0.1) is 11.8 Å². The largest absolute Gasteiger partial charge is 0.481 e. The van der Waals surface area contributed by atoms with Gasteiger partial charge in [0.2, 0.25) is 0 Å². The molecule has 0 radical (unpaired) electrons. The molecule has 0 saturated heterocycles. The molecule has 0 aromatic heterocycles. The Morgan fingerprint density at radius 1 is 0.676 bits per heavy atom. The summed E-state index contributed by atoms with van der Waals surface area (Å²) in [6.45, 7) is 7.38. The molecule has 0 spiro atoms. The fourth-order valence-corrected chi connectivity index (χ4v) is 4.84. The third-order valence-electron chi connectivity index (χ3n) is 7.82. The smallest absolute Gasteiger partial charge is 0.307 e. The summed E-state index contributed by atoms with van der Waals surface area (Å²) in [5.74, 6) is -2.70. The molecule has 2 aromatic carbocycles. The van der Waals surface area contributed by atoms with Gasteiger partial charge in [0.15, 0.2) is 0 Å². The normalized spacial score (nSPS) is 16.6. The molecule has 34 heavy (non-hydrogen) atoms. The summed E-state index contributed by atoms with van der Waals surface area (Å²) < 4.78 is 0. The number of Topliss-reactive ketones (excluding diaryl/α,β-unsaturated/α-hetero) is 1. The maximum atomic E-state index is 12.7. The summed E-state index contributed by atoms with van der Waals surface area (Å²) >= 11 is 0. The number of rotatable bonds is 14. The summed E-state index contributed by atoms with van der Waals surface area (Å²) in [7, 11) is 0. The van der Waals surface area contributed by atoms with Crippen molar-refractivity contribution in [3.63, 3.8) is 0 Å². The molecule has 0 aliphatic carbocycles. The van der Waals surface area contributed by atoms with Gasteiger partial charge < -0.3 is 10.2 Å². The van der Waals surface area contributed by atoms with E-state index in [0.29, 0.717) is 38.5 Å². The van der Waals surface area contributed by atoms with E-state index in [0.717, 1.165) is 11.1 Å². The van der Waals surface area contributed by atoms with Gasteiger partial charge in [-0.25, -0.2) is 0 Å². The predicted molar refractivity (Wildman–Crippen MR) is 134 cm³/mol. The van der Waals surface area contributed by atoms with Crippen molar-refractivity contribution in [2.45, 2.75) is 77.0 Å². The number of hydrogen-bond donors (Lipinski definition) is 2.